The molecule has 1 aromatic carbocycles. The number of anilines is 1. The highest BCUT2D eigenvalue weighted by Crippen LogP contribution is 2.46. The Morgan fingerprint density at radius 3 is 2.62 bits per heavy atom. The molecule has 5 nitrogen and oxygen atoms in total. The number of ether oxygens (including phenoxy) is 2. The molecule has 0 radical (unpaired) electrons. The topological polar surface area (TPSA) is 50.8 Å². The first-order valence-electron chi connectivity index (χ1n) is 11.1. The van der Waals surface area contributed by atoms with E-state index in [4.69, 9.17) is 32.7 Å². The van der Waals surface area contributed by atoms with E-state index in [1.807, 2.05) is 25.1 Å². The largest absolute Gasteiger partial charge is 0.497 e. The van der Waals surface area contributed by atoms with Crippen LogP contribution in [-0.2, 0) is 20.8 Å². The number of nitrogens with one attached hydrogen (secondary N) is 1. The van der Waals surface area contributed by atoms with Gasteiger partial charge in [-0.25, -0.2) is 0 Å². The van der Waals surface area contributed by atoms with Gasteiger partial charge in [0.2, 0.25) is 0 Å². The van der Waals surface area contributed by atoms with E-state index in [-0.39, 0.29) is 5.91 Å². The van der Waals surface area contributed by atoms with Crippen molar-refractivity contribution < 1.29 is 14.3 Å². The summed E-state index contributed by atoms with van der Waals surface area (Å²) in [6, 6.07) is 8.64. The minimum atomic E-state index is -0.475. The Balaban J connectivity index is 1.40. The van der Waals surface area contributed by atoms with Gasteiger partial charge in [-0.2, -0.15) is 0 Å². The van der Waals surface area contributed by atoms with E-state index in [1.54, 1.807) is 6.08 Å². The molecule has 2 heterocycles. The smallest absolute Gasteiger partial charge is 0.251 e. The van der Waals surface area contributed by atoms with Crippen LogP contribution in [0, 0.1) is 5.41 Å². The number of halogens is 2. The van der Waals surface area contributed by atoms with Gasteiger partial charge in [0, 0.05) is 60.3 Å². The van der Waals surface area contributed by atoms with Crippen molar-refractivity contribution in [1.82, 2.24) is 4.90 Å². The van der Waals surface area contributed by atoms with Gasteiger partial charge in [-0.15, -0.1) is 0 Å². The Labute approximate surface area is 200 Å². The van der Waals surface area contributed by atoms with Gasteiger partial charge in [0.25, 0.3) is 5.91 Å². The van der Waals surface area contributed by atoms with Gasteiger partial charge < -0.3 is 14.8 Å². The average molecular weight is 477 g/mol. The highest BCUT2D eigenvalue weighted by molar-refractivity contribution is 6.40. The van der Waals surface area contributed by atoms with Crippen LogP contribution in [0.25, 0.3) is 0 Å². The molecule has 2 aliphatic heterocycles. The van der Waals surface area contributed by atoms with E-state index in [0.717, 1.165) is 44.0 Å². The number of amides is 1. The molecule has 32 heavy (non-hydrogen) atoms. The summed E-state index contributed by atoms with van der Waals surface area (Å²) in [5, 5.41) is 4.12. The molecule has 4 rings (SSSR count). The molecule has 1 atom stereocenters. The molecule has 1 fully saturated rings. The number of carbonyl (C=O) groups is 1. The number of allylic oxidation sites excluding steroid dienone is 4. The summed E-state index contributed by atoms with van der Waals surface area (Å²) >= 11 is 12.5. The number of carbonyl (C=O) groups excluding carboxylic acids is 1. The Hall–Kier alpha value is -1.79. The molecule has 1 saturated heterocycles. The van der Waals surface area contributed by atoms with Gasteiger partial charge >= 0.3 is 0 Å². The molecule has 1 aromatic rings. The summed E-state index contributed by atoms with van der Waals surface area (Å²) in [4.78, 5) is 15.4. The molecule has 3 aliphatic rings. The third-order valence-corrected chi connectivity index (χ3v) is 7.24. The summed E-state index contributed by atoms with van der Waals surface area (Å²) in [5.74, 6) is 0.646. The van der Waals surface area contributed by atoms with Gasteiger partial charge in [-0.1, -0.05) is 41.4 Å². The number of hydrogen-bond donors (Lipinski definition) is 1. The molecule has 1 unspecified atom stereocenters. The molecular weight excluding hydrogens is 447 g/mol. The van der Waals surface area contributed by atoms with Crippen molar-refractivity contribution in [3.8, 4) is 0 Å². The second-order valence-corrected chi connectivity index (χ2v) is 9.90. The molecule has 0 aromatic heterocycles. The minimum Gasteiger partial charge on any atom is -0.497 e. The molecular formula is C25H30Cl2N2O3. The second kappa shape index (κ2) is 10.0. The lowest BCUT2D eigenvalue weighted by molar-refractivity contribution is -0.113. The quantitative estimate of drug-likeness (QED) is 0.603. The number of fused-ring (bicyclic) bond motifs is 1. The summed E-state index contributed by atoms with van der Waals surface area (Å²) < 4.78 is 11.4. The molecule has 1 N–H and O–H groups in total. The zero-order valence-corrected chi connectivity index (χ0v) is 20.1. The van der Waals surface area contributed by atoms with Crippen molar-refractivity contribution in [3.05, 3.63) is 63.4 Å². The Kier molecular flexibility index (Phi) is 7.30. The molecule has 1 aliphatic carbocycles. The number of nitrogens with zero attached hydrogens (tertiary/aromatic N) is 1. The van der Waals surface area contributed by atoms with Crippen LogP contribution in [0.2, 0.25) is 0 Å². The average Bonchev–Trinajstić information content (AvgIpc) is 2.94. The zero-order valence-electron chi connectivity index (χ0n) is 18.6. The highest BCUT2D eigenvalue weighted by Gasteiger charge is 2.36. The third-order valence-electron chi connectivity index (χ3n) is 6.47. The third kappa shape index (κ3) is 5.40. The fourth-order valence-electron chi connectivity index (χ4n) is 4.54. The van der Waals surface area contributed by atoms with Crippen molar-refractivity contribution in [1.29, 1.82) is 0 Å². The highest BCUT2D eigenvalue weighted by atomic mass is 35.5. The zero-order chi connectivity index (χ0) is 22.7. The Bertz CT molecular complexity index is 948. The summed E-state index contributed by atoms with van der Waals surface area (Å²) in [6.07, 6.45) is 6.94. The maximum atomic E-state index is 13.0. The van der Waals surface area contributed by atoms with Crippen molar-refractivity contribution in [2.45, 2.75) is 45.2 Å². The van der Waals surface area contributed by atoms with E-state index < -0.39 is 5.41 Å². The number of benzene rings is 1. The number of hydrogen-bond acceptors (Lipinski definition) is 4. The first-order valence-corrected chi connectivity index (χ1v) is 11.9. The standard InChI is InChI=1S/C25H30Cl2N2O3/c1-25-14-18(7-12-32-23(25)13-21(26)22(27)15-25)24(30)28-19-5-3-17(4-6-19)16-29(2)20-8-10-31-11-9-20/h3-6,13-14,20H,7-12,15-16H2,1-2H3,(H,28,30). The number of rotatable bonds is 5. The maximum absolute atomic E-state index is 13.0. The lowest BCUT2D eigenvalue weighted by Gasteiger charge is -2.31. The SMILES string of the molecule is CN(Cc1ccc(NC(=O)C2=CC3(C)CC(Cl)=C(Cl)C=C3OCC2)cc1)C1CCOCC1. The minimum absolute atomic E-state index is 0.111. The summed E-state index contributed by atoms with van der Waals surface area (Å²) in [7, 11) is 2.16. The monoisotopic (exact) mass is 476 g/mol. The van der Waals surface area contributed by atoms with Crippen molar-refractivity contribution in [2.24, 2.45) is 5.41 Å². The first-order chi connectivity index (χ1) is 15.3. The summed E-state index contributed by atoms with van der Waals surface area (Å²) in [5.41, 5.74) is 2.23. The van der Waals surface area contributed by atoms with E-state index in [2.05, 4.69) is 29.4 Å². The Morgan fingerprint density at radius 2 is 1.91 bits per heavy atom. The van der Waals surface area contributed by atoms with E-state index in [9.17, 15) is 4.79 Å². The van der Waals surface area contributed by atoms with E-state index in [1.165, 1.54) is 5.56 Å². The van der Waals surface area contributed by atoms with Crippen LogP contribution < -0.4 is 5.32 Å². The van der Waals surface area contributed by atoms with E-state index >= 15 is 0 Å². The predicted octanol–water partition coefficient (Wildman–Crippen LogP) is 5.57. The second-order valence-electron chi connectivity index (χ2n) is 9.03. The van der Waals surface area contributed by atoms with Gasteiger partial charge in [0.1, 0.15) is 5.76 Å². The van der Waals surface area contributed by atoms with Crippen molar-refractivity contribution in [2.75, 3.05) is 32.2 Å². The fraction of sp³-hybridized carbons (Fsp3) is 0.480. The van der Waals surface area contributed by atoms with Crippen molar-refractivity contribution >= 4 is 34.8 Å². The predicted molar refractivity (Wildman–Crippen MR) is 129 cm³/mol. The molecule has 0 spiro atoms. The van der Waals surface area contributed by atoms with Gasteiger partial charge in [-0.3, -0.25) is 9.69 Å². The van der Waals surface area contributed by atoms with E-state index in [0.29, 0.717) is 41.1 Å². The normalized spacial score (nSPS) is 24.3. The van der Waals surface area contributed by atoms with Crippen LogP contribution in [0.4, 0.5) is 5.69 Å². The van der Waals surface area contributed by atoms with Gasteiger partial charge in [0.15, 0.2) is 0 Å². The lowest BCUT2D eigenvalue weighted by Crippen LogP contribution is -2.36. The summed E-state index contributed by atoms with van der Waals surface area (Å²) in [6.45, 7) is 5.01. The van der Waals surface area contributed by atoms with Gasteiger partial charge in [0.05, 0.1) is 11.6 Å². The molecule has 0 saturated carbocycles. The van der Waals surface area contributed by atoms with Crippen LogP contribution in [-0.4, -0.2) is 43.7 Å². The van der Waals surface area contributed by atoms with Gasteiger partial charge in [-0.05, 0) is 50.6 Å². The van der Waals surface area contributed by atoms with Crippen LogP contribution in [0.3, 0.4) is 0 Å². The molecule has 1 amide bonds. The lowest BCUT2D eigenvalue weighted by atomic mass is 9.80. The van der Waals surface area contributed by atoms with Crippen LogP contribution in [0.5, 0.6) is 0 Å². The van der Waals surface area contributed by atoms with Crippen molar-refractivity contribution in [3.63, 3.8) is 0 Å². The first kappa shape index (κ1) is 23.4. The molecule has 172 valence electrons. The van der Waals surface area contributed by atoms with Crippen LogP contribution >= 0.6 is 23.2 Å². The maximum Gasteiger partial charge on any atom is 0.251 e. The van der Waals surface area contributed by atoms with Crippen LogP contribution in [0.1, 0.15) is 38.2 Å². The molecule has 7 heteroatoms. The fourth-order valence-corrected chi connectivity index (χ4v) is 5.03. The van der Waals surface area contributed by atoms with Crippen LogP contribution in [0.15, 0.2) is 57.8 Å². The Morgan fingerprint density at radius 1 is 1.19 bits per heavy atom. The molecule has 0 bridgehead atoms.